The SMILES string of the molecule is CCOS(=O)c1ccc2cc(Cl)ccc2c1-c1c(S(=O)O)ccc2cc(Cl)ccc12. The summed E-state index contributed by atoms with van der Waals surface area (Å²) in [7, 11) is 0. The Hall–Kier alpha value is -1.80. The van der Waals surface area contributed by atoms with Crippen molar-refractivity contribution in [1.29, 1.82) is 0 Å². The summed E-state index contributed by atoms with van der Waals surface area (Å²) in [6, 6.07) is 17.5. The van der Waals surface area contributed by atoms with Gasteiger partial charge in [0, 0.05) is 21.2 Å². The van der Waals surface area contributed by atoms with E-state index in [2.05, 4.69) is 0 Å². The zero-order chi connectivity index (χ0) is 21.4. The van der Waals surface area contributed by atoms with E-state index in [-0.39, 0.29) is 11.5 Å². The van der Waals surface area contributed by atoms with E-state index in [0.29, 0.717) is 26.1 Å². The summed E-state index contributed by atoms with van der Waals surface area (Å²) in [5.41, 5.74) is 1.09. The Morgan fingerprint density at radius 2 is 1.30 bits per heavy atom. The van der Waals surface area contributed by atoms with Gasteiger partial charge in [-0.2, -0.15) is 0 Å². The highest BCUT2D eigenvalue weighted by molar-refractivity contribution is 7.80. The van der Waals surface area contributed by atoms with Crippen molar-refractivity contribution < 1.29 is 17.2 Å². The normalized spacial score (nSPS) is 13.6. The first-order chi connectivity index (χ1) is 14.4. The Morgan fingerprint density at radius 3 is 1.80 bits per heavy atom. The summed E-state index contributed by atoms with van der Waals surface area (Å²) in [4.78, 5) is 0.628. The van der Waals surface area contributed by atoms with Crippen molar-refractivity contribution in [1.82, 2.24) is 0 Å². The lowest BCUT2D eigenvalue weighted by atomic mass is 9.93. The highest BCUT2D eigenvalue weighted by Crippen LogP contribution is 2.42. The minimum atomic E-state index is -2.27. The van der Waals surface area contributed by atoms with E-state index >= 15 is 0 Å². The minimum Gasteiger partial charge on any atom is -0.302 e. The average molecular weight is 479 g/mol. The van der Waals surface area contributed by atoms with Crippen LogP contribution in [-0.4, -0.2) is 19.6 Å². The van der Waals surface area contributed by atoms with Gasteiger partial charge in [0.15, 0.2) is 22.2 Å². The highest BCUT2D eigenvalue weighted by atomic mass is 35.5. The molecular weight excluding hydrogens is 463 g/mol. The van der Waals surface area contributed by atoms with Gasteiger partial charge in [-0.1, -0.05) is 47.5 Å². The van der Waals surface area contributed by atoms with Gasteiger partial charge < -0.3 is 4.55 Å². The number of benzene rings is 4. The summed E-state index contributed by atoms with van der Waals surface area (Å²) in [5.74, 6) is 0. The maximum Gasteiger partial charge on any atom is 0.189 e. The molecule has 0 heterocycles. The van der Waals surface area contributed by atoms with Gasteiger partial charge in [0.1, 0.15) is 0 Å². The van der Waals surface area contributed by atoms with Crippen LogP contribution in [0.4, 0.5) is 0 Å². The van der Waals surface area contributed by atoms with Crippen LogP contribution in [-0.2, 0) is 26.3 Å². The summed E-state index contributed by atoms with van der Waals surface area (Å²) >= 11 is 8.30. The average Bonchev–Trinajstić information content (AvgIpc) is 2.71. The van der Waals surface area contributed by atoms with Gasteiger partial charge in [0.25, 0.3) is 0 Å². The third-order valence-corrected chi connectivity index (χ3v) is 7.07. The number of rotatable bonds is 5. The van der Waals surface area contributed by atoms with Gasteiger partial charge in [-0.15, -0.1) is 0 Å². The molecule has 0 aliphatic heterocycles. The second kappa shape index (κ2) is 8.75. The van der Waals surface area contributed by atoms with E-state index in [1.165, 1.54) is 0 Å². The molecule has 0 saturated carbocycles. The molecule has 0 aromatic heterocycles. The molecule has 0 bridgehead atoms. The summed E-state index contributed by atoms with van der Waals surface area (Å²) in [5, 5.41) is 4.19. The standard InChI is InChI=1S/C22H16Cl2O4S2/c1-2-28-30(27)20-10-4-14-12-16(24)6-8-18(14)22(20)21-17-7-5-15(23)11-13(17)3-9-19(21)29(25)26/h3-12H,2H2,1H3,(H,25,26). The van der Waals surface area contributed by atoms with Crippen molar-refractivity contribution in [2.24, 2.45) is 0 Å². The third kappa shape index (κ3) is 3.91. The fraction of sp³-hybridized carbons (Fsp3) is 0.0909. The van der Waals surface area contributed by atoms with E-state index in [4.69, 9.17) is 27.4 Å². The maximum atomic E-state index is 12.9. The second-order valence-corrected chi connectivity index (χ2v) is 9.45. The van der Waals surface area contributed by atoms with Crippen LogP contribution in [0.15, 0.2) is 70.5 Å². The van der Waals surface area contributed by atoms with E-state index in [1.807, 2.05) is 12.1 Å². The number of fused-ring (bicyclic) bond motifs is 2. The monoisotopic (exact) mass is 478 g/mol. The van der Waals surface area contributed by atoms with Crippen LogP contribution in [0.1, 0.15) is 6.92 Å². The number of hydrogen-bond donors (Lipinski definition) is 1. The molecule has 0 spiro atoms. The van der Waals surface area contributed by atoms with Crippen molar-refractivity contribution in [2.45, 2.75) is 16.7 Å². The first-order valence-electron chi connectivity index (χ1n) is 9.01. The molecule has 30 heavy (non-hydrogen) atoms. The third-order valence-electron chi connectivity index (χ3n) is 4.73. The molecule has 0 aliphatic rings. The van der Waals surface area contributed by atoms with Crippen LogP contribution in [0.25, 0.3) is 32.7 Å². The van der Waals surface area contributed by atoms with E-state index < -0.39 is 22.2 Å². The van der Waals surface area contributed by atoms with Crippen LogP contribution in [0.3, 0.4) is 0 Å². The highest BCUT2D eigenvalue weighted by Gasteiger charge is 2.22. The lowest BCUT2D eigenvalue weighted by Crippen LogP contribution is -2.03. The fourth-order valence-electron chi connectivity index (χ4n) is 3.53. The molecular formula is C22H16Cl2O4S2. The molecule has 1 N–H and O–H groups in total. The van der Waals surface area contributed by atoms with E-state index in [9.17, 15) is 13.0 Å². The van der Waals surface area contributed by atoms with Crippen LogP contribution in [0.5, 0.6) is 0 Å². The Morgan fingerprint density at radius 1 is 0.800 bits per heavy atom. The van der Waals surface area contributed by atoms with Gasteiger partial charge in [-0.25, -0.2) is 8.42 Å². The van der Waals surface area contributed by atoms with Crippen LogP contribution < -0.4 is 0 Å². The first-order valence-corrected chi connectivity index (χ1v) is 11.9. The van der Waals surface area contributed by atoms with Gasteiger partial charge in [-0.3, -0.25) is 4.18 Å². The molecule has 154 valence electrons. The molecule has 2 unspecified atom stereocenters. The van der Waals surface area contributed by atoms with Crippen molar-refractivity contribution in [2.75, 3.05) is 6.61 Å². The molecule has 0 saturated heterocycles. The smallest absolute Gasteiger partial charge is 0.189 e. The second-order valence-electron chi connectivity index (χ2n) is 6.50. The Kier molecular flexibility index (Phi) is 6.25. The van der Waals surface area contributed by atoms with Crippen molar-refractivity contribution >= 4 is 66.9 Å². The molecule has 0 radical (unpaired) electrons. The summed E-state index contributed by atoms with van der Waals surface area (Å²) < 4.78 is 40.6. The van der Waals surface area contributed by atoms with Crippen LogP contribution in [0, 0.1) is 0 Å². The Bertz CT molecular complexity index is 1340. The minimum absolute atomic E-state index is 0.210. The van der Waals surface area contributed by atoms with Crippen molar-refractivity contribution in [3.8, 4) is 11.1 Å². The van der Waals surface area contributed by atoms with E-state index in [1.54, 1.807) is 55.5 Å². The molecule has 0 amide bonds. The number of hydrogen-bond acceptors (Lipinski definition) is 3. The molecule has 4 aromatic rings. The zero-order valence-corrected chi connectivity index (χ0v) is 18.9. The van der Waals surface area contributed by atoms with Crippen LogP contribution in [0.2, 0.25) is 10.0 Å². The van der Waals surface area contributed by atoms with E-state index in [0.717, 1.165) is 21.5 Å². The molecule has 4 aromatic carbocycles. The Balaban J connectivity index is 2.21. The fourth-order valence-corrected chi connectivity index (χ4v) is 5.36. The van der Waals surface area contributed by atoms with Crippen LogP contribution >= 0.6 is 23.2 Å². The lowest BCUT2D eigenvalue weighted by molar-refractivity contribution is 0.372. The van der Waals surface area contributed by atoms with Gasteiger partial charge >= 0.3 is 0 Å². The summed E-state index contributed by atoms with van der Waals surface area (Å²) in [6.45, 7) is 2.02. The predicted octanol–water partition coefficient (Wildman–Crippen LogP) is 6.61. The predicted molar refractivity (Wildman–Crippen MR) is 124 cm³/mol. The quantitative estimate of drug-likeness (QED) is 0.328. The number of halogens is 2. The van der Waals surface area contributed by atoms with Gasteiger partial charge in [0.2, 0.25) is 0 Å². The van der Waals surface area contributed by atoms with Crippen molar-refractivity contribution in [3.63, 3.8) is 0 Å². The first kappa shape index (κ1) is 21.4. The molecule has 4 nitrogen and oxygen atoms in total. The molecule has 0 aliphatic carbocycles. The van der Waals surface area contributed by atoms with Crippen molar-refractivity contribution in [3.05, 3.63) is 70.7 Å². The maximum absolute atomic E-state index is 12.9. The summed E-state index contributed by atoms with van der Waals surface area (Å²) in [6.07, 6.45) is 0. The lowest BCUT2D eigenvalue weighted by Gasteiger charge is -2.17. The van der Waals surface area contributed by atoms with Gasteiger partial charge in [-0.05, 0) is 64.9 Å². The van der Waals surface area contributed by atoms with Gasteiger partial charge in [0.05, 0.1) is 16.4 Å². The molecule has 8 heteroatoms. The molecule has 4 rings (SSSR count). The largest absolute Gasteiger partial charge is 0.302 e. The topological polar surface area (TPSA) is 63.6 Å². The Labute approximate surface area is 188 Å². The molecule has 0 fully saturated rings. The zero-order valence-electron chi connectivity index (χ0n) is 15.7. The molecule has 2 atom stereocenters.